The maximum absolute atomic E-state index is 13.7. The van der Waals surface area contributed by atoms with Crippen molar-refractivity contribution in [3.63, 3.8) is 0 Å². The summed E-state index contributed by atoms with van der Waals surface area (Å²) in [5, 5.41) is 4.79. The fourth-order valence-corrected chi connectivity index (χ4v) is 3.30. The SMILES string of the molecule is Cn1cc(-c2cccs2)nc1CCNC(=O)c1c(F)cccc1Cl. The van der Waals surface area contributed by atoms with Gasteiger partial charge >= 0.3 is 0 Å². The number of imidazole rings is 1. The highest BCUT2D eigenvalue weighted by molar-refractivity contribution is 7.13. The van der Waals surface area contributed by atoms with Crippen molar-refractivity contribution >= 4 is 28.8 Å². The molecule has 0 saturated heterocycles. The second-order valence-corrected chi connectivity index (χ2v) is 6.59. The second kappa shape index (κ2) is 7.15. The topological polar surface area (TPSA) is 46.9 Å². The van der Waals surface area contributed by atoms with E-state index < -0.39 is 11.7 Å². The summed E-state index contributed by atoms with van der Waals surface area (Å²) in [4.78, 5) is 17.8. The lowest BCUT2D eigenvalue weighted by Gasteiger charge is -2.07. The van der Waals surface area contributed by atoms with Gasteiger partial charge in [0, 0.05) is 26.2 Å². The first kappa shape index (κ1) is 16.7. The molecule has 0 atom stereocenters. The predicted octanol–water partition coefficient (Wildman–Crippen LogP) is 3.91. The summed E-state index contributed by atoms with van der Waals surface area (Å²) in [6, 6.07) is 8.17. The highest BCUT2D eigenvalue weighted by Crippen LogP contribution is 2.23. The van der Waals surface area contributed by atoms with Crippen LogP contribution in [0, 0.1) is 5.82 Å². The lowest BCUT2D eigenvalue weighted by Crippen LogP contribution is -2.27. The first-order valence-electron chi connectivity index (χ1n) is 7.34. The van der Waals surface area contributed by atoms with Gasteiger partial charge in [0.25, 0.3) is 5.91 Å². The van der Waals surface area contributed by atoms with E-state index in [0.29, 0.717) is 13.0 Å². The lowest BCUT2D eigenvalue weighted by atomic mass is 10.2. The summed E-state index contributed by atoms with van der Waals surface area (Å²) in [7, 11) is 1.91. The van der Waals surface area contributed by atoms with Crippen molar-refractivity contribution in [2.75, 3.05) is 6.54 Å². The van der Waals surface area contributed by atoms with Crippen LogP contribution in [0.3, 0.4) is 0 Å². The first-order chi connectivity index (χ1) is 11.6. The van der Waals surface area contributed by atoms with Crippen LogP contribution in [0.25, 0.3) is 10.6 Å². The van der Waals surface area contributed by atoms with Crippen LogP contribution in [-0.4, -0.2) is 22.0 Å². The van der Waals surface area contributed by atoms with Gasteiger partial charge in [-0.25, -0.2) is 9.37 Å². The van der Waals surface area contributed by atoms with Gasteiger partial charge in [-0.1, -0.05) is 23.7 Å². The molecule has 0 unspecified atom stereocenters. The minimum Gasteiger partial charge on any atom is -0.351 e. The number of halogens is 2. The van der Waals surface area contributed by atoms with Crippen molar-refractivity contribution in [1.29, 1.82) is 0 Å². The zero-order valence-corrected chi connectivity index (χ0v) is 14.5. The van der Waals surface area contributed by atoms with Gasteiger partial charge < -0.3 is 9.88 Å². The summed E-state index contributed by atoms with van der Waals surface area (Å²) in [6.45, 7) is 0.345. The molecule has 0 spiro atoms. The van der Waals surface area contributed by atoms with Crippen molar-refractivity contribution in [2.45, 2.75) is 6.42 Å². The molecule has 0 aliphatic carbocycles. The van der Waals surface area contributed by atoms with Gasteiger partial charge in [0.15, 0.2) is 0 Å². The zero-order valence-electron chi connectivity index (χ0n) is 12.9. The molecule has 0 bridgehead atoms. The quantitative estimate of drug-likeness (QED) is 0.747. The Bertz CT molecular complexity index is 841. The minimum atomic E-state index is -0.628. The number of nitrogens with zero attached hydrogens (tertiary/aromatic N) is 2. The third kappa shape index (κ3) is 3.49. The molecular weight excluding hydrogens is 349 g/mol. The fraction of sp³-hybridized carbons (Fsp3) is 0.176. The molecule has 2 heterocycles. The smallest absolute Gasteiger partial charge is 0.255 e. The molecule has 1 amide bonds. The van der Waals surface area contributed by atoms with E-state index in [2.05, 4.69) is 10.3 Å². The Kier molecular flexibility index (Phi) is 4.97. The van der Waals surface area contributed by atoms with Gasteiger partial charge in [0.05, 0.1) is 21.2 Å². The Labute approximate surface area is 147 Å². The molecule has 7 heteroatoms. The number of hydrogen-bond acceptors (Lipinski definition) is 3. The van der Waals surface area contributed by atoms with Crippen LogP contribution >= 0.6 is 22.9 Å². The van der Waals surface area contributed by atoms with E-state index in [4.69, 9.17) is 11.6 Å². The van der Waals surface area contributed by atoms with Gasteiger partial charge in [0.1, 0.15) is 11.6 Å². The monoisotopic (exact) mass is 363 g/mol. The standard InChI is InChI=1S/C17H15ClFN3OS/c1-22-10-13(14-6-3-9-24-14)21-15(22)7-8-20-17(23)16-11(18)4-2-5-12(16)19/h2-6,9-10H,7-8H2,1H3,(H,20,23). The summed E-state index contributed by atoms with van der Waals surface area (Å²) in [5.74, 6) is -0.305. The number of benzene rings is 1. The molecule has 0 aliphatic heterocycles. The highest BCUT2D eigenvalue weighted by Gasteiger charge is 2.15. The van der Waals surface area contributed by atoms with Crippen molar-refractivity contribution in [2.24, 2.45) is 7.05 Å². The Hall–Kier alpha value is -2.18. The largest absolute Gasteiger partial charge is 0.351 e. The maximum atomic E-state index is 13.7. The maximum Gasteiger partial charge on any atom is 0.255 e. The summed E-state index contributed by atoms with van der Waals surface area (Å²) >= 11 is 7.52. The van der Waals surface area contributed by atoms with Gasteiger partial charge in [-0.15, -0.1) is 11.3 Å². The molecule has 1 aromatic carbocycles. The molecule has 24 heavy (non-hydrogen) atoms. The molecule has 3 rings (SSSR count). The molecule has 0 saturated carbocycles. The summed E-state index contributed by atoms with van der Waals surface area (Å²) in [6.07, 6.45) is 2.50. The van der Waals surface area contributed by atoms with E-state index in [1.165, 1.54) is 18.2 Å². The van der Waals surface area contributed by atoms with Crippen LogP contribution in [-0.2, 0) is 13.5 Å². The van der Waals surface area contributed by atoms with Crippen LogP contribution in [0.1, 0.15) is 16.2 Å². The summed E-state index contributed by atoms with van der Waals surface area (Å²) < 4.78 is 15.6. The molecular formula is C17H15ClFN3OS. The van der Waals surface area contributed by atoms with Crippen LogP contribution in [0.15, 0.2) is 41.9 Å². The van der Waals surface area contributed by atoms with Gasteiger partial charge in [-0.05, 0) is 23.6 Å². The second-order valence-electron chi connectivity index (χ2n) is 5.23. The number of nitrogens with one attached hydrogen (secondary N) is 1. The number of carbonyl (C=O) groups is 1. The Morgan fingerprint density at radius 2 is 2.21 bits per heavy atom. The molecule has 3 aromatic rings. The number of aryl methyl sites for hydroxylation is 1. The van der Waals surface area contributed by atoms with Crippen molar-refractivity contribution in [3.8, 4) is 10.6 Å². The Morgan fingerprint density at radius 1 is 1.38 bits per heavy atom. The predicted molar refractivity (Wildman–Crippen MR) is 94.0 cm³/mol. The molecule has 0 radical (unpaired) electrons. The summed E-state index contributed by atoms with van der Waals surface area (Å²) in [5.41, 5.74) is 0.782. The van der Waals surface area contributed by atoms with E-state index in [0.717, 1.165) is 16.4 Å². The third-order valence-electron chi connectivity index (χ3n) is 3.57. The number of aromatic nitrogens is 2. The number of thiophene rings is 1. The molecule has 4 nitrogen and oxygen atoms in total. The van der Waals surface area contributed by atoms with Crippen molar-refractivity contribution in [3.05, 3.63) is 64.1 Å². The fourth-order valence-electron chi connectivity index (χ4n) is 2.37. The first-order valence-corrected chi connectivity index (χ1v) is 8.60. The lowest BCUT2D eigenvalue weighted by molar-refractivity contribution is 0.0950. The van der Waals surface area contributed by atoms with Crippen LogP contribution in [0.4, 0.5) is 4.39 Å². The number of carbonyl (C=O) groups excluding carboxylic acids is 1. The molecule has 0 fully saturated rings. The van der Waals surface area contributed by atoms with Crippen LogP contribution in [0.5, 0.6) is 0 Å². The molecule has 124 valence electrons. The van der Waals surface area contributed by atoms with E-state index in [1.54, 1.807) is 11.3 Å². The average Bonchev–Trinajstić information content (AvgIpc) is 3.17. The average molecular weight is 364 g/mol. The van der Waals surface area contributed by atoms with E-state index >= 15 is 0 Å². The molecule has 1 N–H and O–H groups in total. The zero-order chi connectivity index (χ0) is 17.1. The Morgan fingerprint density at radius 3 is 2.92 bits per heavy atom. The normalized spacial score (nSPS) is 10.8. The van der Waals surface area contributed by atoms with Crippen LogP contribution < -0.4 is 5.32 Å². The number of rotatable bonds is 5. The van der Waals surface area contributed by atoms with E-state index in [1.807, 2.05) is 35.3 Å². The molecule has 2 aromatic heterocycles. The third-order valence-corrected chi connectivity index (χ3v) is 4.78. The van der Waals surface area contributed by atoms with Gasteiger partial charge in [-0.3, -0.25) is 4.79 Å². The number of amides is 1. The van der Waals surface area contributed by atoms with E-state index in [-0.39, 0.29) is 10.6 Å². The van der Waals surface area contributed by atoms with E-state index in [9.17, 15) is 9.18 Å². The molecule has 0 aliphatic rings. The van der Waals surface area contributed by atoms with Crippen LogP contribution in [0.2, 0.25) is 5.02 Å². The highest BCUT2D eigenvalue weighted by atomic mass is 35.5. The Balaban J connectivity index is 1.64. The van der Waals surface area contributed by atoms with Crippen molar-refractivity contribution in [1.82, 2.24) is 14.9 Å². The van der Waals surface area contributed by atoms with Gasteiger partial charge in [-0.2, -0.15) is 0 Å². The van der Waals surface area contributed by atoms with Crippen molar-refractivity contribution < 1.29 is 9.18 Å². The minimum absolute atomic E-state index is 0.101. The van der Waals surface area contributed by atoms with Gasteiger partial charge in [0.2, 0.25) is 0 Å². The number of hydrogen-bond donors (Lipinski definition) is 1.